The van der Waals surface area contributed by atoms with Crippen molar-refractivity contribution in [2.24, 2.45) is 5.92 Å². The molecule has 1 atom stereocenters. The second kappa shape index (κ2) is 8.66. The zero-order valence-corrected chi connectivity index (χ0v) is 14.3. The molecule has 8 heteroatoms. The highest BCUT2D eigenvalue weighted by molar-refractivity contribution is 6.08. The van der Waals surface area contributed by atoms with Gasteiger partial charge >= 0.3 is 12.3 Å². The third-order valence-corrected chi connectivity index (χ3v) is 3.59. The van der Waals surface area contributed by atoms with Crippen LogP contribution < -0.4 is 4.74 Å². The number of hydrogen-bond donors (Lipinski definition) is 0. The first-order valence-electron chi connectivity index (χ1n) is 8.00. The van der Waals surface area contributed by atoms with Gasteiger partial charge < -0.3 is 9.47 Å². The van der Waals surface area contributed by atoms with Gasteiger partial charge in [-0.05, 0) is 55.3 Å². The Kier molecular flexibility index (Phi) is 6.55. The Labute approximate surface area is 152 Å². The lowest BCUT2D eigenvalue weighted by Gasteiger charge is -2.16. The van der Waals surface area contributed by atoms with Crippen LogP contribution in [0.2, 0.25) is 0 Å². The molecule has 0 saturated carbocycles. The molecule has 0 aliphatic rings. The van der Waals surface area contributed by atoms with Gasteiger partial charge in [0.15, 0.2) is 5.78 Å². The molecule has 0 aliphatic carbocycles. The maximum Gasteiger partial charge on any atom is 0.573 e. The number of Topliss-reactive ketones (excluding diaryl/α,β-unsaturated/α-hetero) is 1. The van der Waals surface area contributed by atoms with E-state index in [1.807, 2.05) is 0 Å². The first-order valence-corrected chi connectivity index (χ1v) is 8.00. The van der Waals surface area contributed by atoms with E-state index in [-0.39, 0.29) is 24.2 Å². The van der Waals surface area contributed by atoms with Crippen molar-refractivity contribution in [3.05, 3.63) is 65.5 Å². The third kappa shape index (κ3) is 6.09. The lowest BCUT2D eigenvalue weighted by atomic mass is 9.91. The van der Waals surface area contributed by atoms with Crippen LogP contribution in [0.15, 0.2) is 48.5 Å². The standard InChI is InChI=1S/C19H16F4O4/c1-2-26-18(25)16(17(24)13-6-8-14(20)9-7-13)11-12-4-3-5-15(10-12)27-19(21,22)23/h3-10,16H,2,11H2,1H3. The monoisotopic (exact) mass is 384 g/mol. The lowest BCUT2D eigenvalue weighted by molar-refractivity contribution is -0.274. The van der Waals surface area contributed by atoms with Crippen LogP contribution in [0.5, 0.6) is 5.75 Å². The highest BCUT2D eigenvalue weighted by Crippen LogP contribution is 2.25. The summed E-state index contributed by atoms with van der Waals surface area (Å²) in [6.07, 6.45) is -5.05. The Morgan fingerprint density at radius 2 is 1.74 bits per heavy atom. The van der Waals surface area contributed by atoms with Crippen LogP contribution in [0.4, 0.5) is 17.6 Å². The topological polar surface area (TPSA) is 52.6 Å². The highest BCUT2D eigenvalue weighted by atomic mass is 19.4. The van der Waals surface area contributed by atoms with E-state index in [4.69, 9.17) is 4.74 Å². The molecule has 0 radical (unpaired) electrons. The molecule has 4 nitrogen and oxygen atoms in total. The molecule has 0 aliphatic heterocycles. The smallest absolute Gasteiger partial charge is 0.465 e. The van der Waals surface area contributed by atoms with Crippen molar-refractivity contribution in [1.82, 2.24) is 0 Å². The molecule has 0 aromatic heterocycles. The highest BCUT2D eigenvalue weighted by Gasteiger charge is 2.32. The van der Waals surface area contributed by atoms with Crippen molar-refractivity contribution in [3.63, 3.8) is 0 Å². The van der Waals surface area contributed by atoms with E-state index in [1.54, 1.807) is 6.92 Å². The molecule has 0 amide bonds. The fourth-order valence-corrected chi connectivity index (χ4v) is 2.45. The largest absolute Gasteiger partial charge is 0.573 e. The predicted molar refractivity (Wildman–Crippen MR) is 87.7 cm³/mol. The summed E-state index contributed by atoms with van der Waals surface area (Å²) in [6.45, 7) is 1.60. The van der Waals surface area contributed by atoms with Crippen molar-refractivity contribution in [1.29, 1.82) is 0 Å². The number of benzene rings is 2. The molecule has 144 valence electrons. The summed E-state index contributed by atoms with van der Waals surface area (Å²) in [5.41, 5.74) is 0.377. The molecule has 0 heterocycles. The van der Waals surface area contributed by atoms with Gasteiger partial charge in [0.2, 0.25) is 0 Å². The van der Waals surface area contributed by atoms with Crippen molar-refractivity contribution >= 4 is 11.8 Å². The minimum absolute atomic E-state index is 0.0310. The molecular weight excluding hydrogens is 368 g/mol. The summed E-state index contributed by atoms with van der Waals surface area (Å²) in [6, 6.07) is 9.60. The van der Waals surface area contributed by atoms with Crippen molar-refractivity contribution < 1.29 is 36.6 Å². The number of ketones is 1. The number of alkyl halides is 3. The van der Waals surface area contributed by atoms with E-state index in [0.29, 0.717) is 0 Å². The number of halogens is 4. The quantitative estimate of drug-likeness (QED) is 0.309. The zero-order chi connectivity index (χ0) is 20.0. The molecule has 27 heavy (non-hydrogen) atoms. The fraction of sp³-hybridized carbons (Fsp3) is 0.263. The van der Waals surface area contributed by atoms with Crippen LogP contribution in [-0.4, -0.2) is 24.7 Å². The molecule has 0 fully saturated rings. The minimum Gasteiger partial charge on any atom is -0.465 e. The number of carbonyl (C=O) groups is 2. The molecule has 2 aromatic rings. The molecular formula is C19H16F4O4. The van der Waals surface area contributed by atoms with E-state index in [9.17, 15) is 27.2 Å². The van der Waals surface area contributed by atoms with E-state index in [0.717, 1.165) is 24.3 Å². The predicted octanol–water partition coefficient (Wildman–Crippen LogP) is 4.33. The Morgan fingerprint density at radius 1 is 1.07 bits per heavy atom. The SMILES string of the molecule is CCOC(=O)C(Cc1cccc(OC(F)(F)F)c1)C(=O)c1ccc(F)cc1. The van der Waals surface area contributed by atoms with Crippen LogP contribution in [0.25, 0.3) is 0 Å². The minimum atomic E-state index is -4.86. The average molecular weight is 384 g/mol. The van der Waals surface area contributed by atoms with E-state index in [2.05, 4.69) is 4.74 Å². The number of carbonyl (C=O) groups excluding carboxylic acids is 2. The zero-order valence-electron chi connectivity index (χ0n) is 14.3. The molecule has 1 unspecified atom stereocenters. The Bertz CT molecular complexity index is 800. The third-order valence-electron chi connectivity index (χ3n) is 3.59. The molecule has 0 spiro atoms. The number of ether oxygens (including phenoxy) is 2. The summed E-state index contributed by atoms with van der Waals surface area (Å²) >= 11 is 0. The van der Waals surface area contributed by atoms with Crippen LogP contribution >= 0.6 is 0 Å². The van der Waals surface area contributed by atoms with Gasteiger partial charge in [-0.15, -0.1) is 13.2 Å². The second-order valence-electron chi connectivity index (χ2n) is 5.58. The van der Waals surface area contributed by atoms with Gasteiger partial charge in [-0.2, -0.15) is 0 Å². The molecule has 2 rings (SSSR count). The van der Waals surface area contributed by atoms with Gasteiger partial charge in [-0.25, -0.2) is 4.39 Å². The van der Waals surface area contributed by atoms with Crippen LogP contribution in [0.3, 0.4) is 0 Å². The van der Waals surface area contributed by atoms with Gasteiger partial charge in [-0.3, -0.25) is 9.59 Å². The first-order chi connectivity index (χ1) is 12.7. The maximum atomic E-state index is 13.0. The van der Waals surface area contributed by atoms with Crippen molar-refractivity contribution in [3.8, 4) is 5.75 Å². The first kappa shape index (κ1) is 20.4. The van der Waals surface area contributed by atoms with Crippen LogP contribution in [0, 0.1) is 11.7 Å². The van der Waals surface area contributed by atoms with Crippen molar-refractivity contribution in [2.45, 2.75) is 19.7 Å². The van der Waals surface area contributed by atoms with Gasteiger partial charge in [0.25, 0.3) is 0 Å². The second-order valence-corrected chi connectivity index (χ2v) is 5.58. The average Bonchev–Trinajstić information content (AvgIpc) is 2.59. The molecule has 0 saturated heterocycles. The van der Waals surface area contributed by atoms with E-state index in [1.165, 1.54) is 24.3 Å². The summed E-state index contributed by atoms with van der Waals surface area (Å²) in [7, 11) is 0. The summed E-state index contributed by atoms with van der Waals surface area (Å²) in [5.74, 6) is -3.71. The molecule has 0 bridgehead atoms. The number of hydrogen-bond acceptors (Lipinski definition) is 4. The number of esters is 1. The Morgan fingerprint density at radius 3 is 2.33 bits per heavy atom. The summed E-state index contributed by atoms with van der Waals surface area (Å²) < 4.78 is 58.9. The summed E-state index contributed by atoms with van der Waals surface area (Å²) in [5, 5.41) is 0. The van der Waals surface area contributed by atoms with Crippen LogP contribution in [0.1, 0.15) is 22.8 Å². The van der Waals surface area contributed by atoms with Crippen molar-refractivity contribution in [2.75, 3.05) is 6.61 Å². The Hall–Kier alpha value is -2.90. The number of rotatable bonds is 7. The fourth-order valence-electron chi connectivity index (χ4n) is 2.45. The van der Waals surface area contributed by atoms with Gasteiger partial charge in [0.05, 0.1) is 6.61 Å². The van der Waals surface area contributed by atoms with Gasteiger partial charge in [0.1, 0.15) is 17.5 Å². The summed E-state index contributed by atoms with van der Waals surface area (Å²) in [4.78, 5) is 24.9. The Balaban J connectivity index is 2.27. The lowest BCUT2D eigenvalue weighted by Crippen LogP contribution is -2.28. The van der Waals surface area contributed by atoms with Gasteiger partial charge in [-0.1, -0.05) is 12.1 Å². The van der Waals surface area contributed by atoms with Gasteiger partial charge in [0, 0.05) is 5.56 Å². The molecule has 0 N–H and O–H groups in total. The maximum absolute atomic E-state index is 13.0. The van der Waals surface area contributed by atoms with E-state index < -0.39 is 35.6 Å². The van der Waals surface area contributed by atoms with Crippen LogP contribution in [-0.2, 0) is 16.0 Å². The molecule has 2 aromatic carbocycles. The normalized spacial score (nSPS) is 12.3. The van der Waals surface area contributed by atoms with E-state index >= 15 is 0 Å².